The zero-order valence-electron chi connectivity index (χ0n) is 9.88. The van der Waals surface area contributed by atoms with Gasteiger partial charge in [0.25, 0.3) is 0 Å². The number of Topliss-reactive ketones (excluding diaryl/α,β-unsaturated/α-hetero) is 1. The highest BCUT2D eigenvalue weighted by Crippen LogP contribution is 2.08. The molecule has 0 heterocycles. The predicted molar refractivity (Wildman–Crippen MR) is 59.6 cm³/mol. The van der Waals surface area contributed by atoms with E-state index < -0.39 is 0 Å². The smallest absolute Gasteiger partial charge is 0.305 e. The lowest BCUT2D eigenvalue weighted by Gasteiger charge is -2.00. The topological polar surface area (TPSA) is 43.4 Å². The maximum absolute atomic E-state index is 10.8. The molecular weight excluding hydrogens is 192 g/mol. The number of unbranched alkanes of at least 4 members (excludes halogenated alkanes) is 5. The van der Waals surface area contributed by atoms with Crippen LogP contribution < -0.4 is 0 Å². The third-order valence-corrected chi connectivity index (χ3v) is 2.39. The van der Waals surface area contributed by atoms with Crippen molar-refractivity contribution in [3.63, 3.8) is 0 Å². The van der Waals surface area contributed by atoms with Gasteiger partial charge < -0.3 is 9.53 Å². The molecule has 88 valence electrons. The van der Waals surface area contributed by atoms with E-state index in [9.17, 15) is 9.59 Å². The molecule has 0 saturated heterocycles. The molecule has 0 amide bonds. The van der Waals surface area contributed by atoms with E-state index in [4.69, 9.17) is 0 Å². The maximum atomic E-state index is 10.8. The molecule has 0 fully saturated rings. The lowest BCUT2D eigenvalue weighted by atomic mass is 10.1. The van der Waals surface area contributed by atoms with E-state index in [0.717, 1.165) is 38.5 Å². The number of ether oxygens (including phenoxy) is 1. The zero-order chi connectivity index (χ0) is 11.5. The van der Waals surface area contributed by atoms with Crippen LogP contribution in [0.2, 0.25) is 0 Å². The Kier molecular flexibility index (Phi) is 9.13. The molecule has 0 spiro atoms. The molecule has 0 N–H and O–H groups in total. The third kappa shape index (κ3) is 11.1. The van der Waals surface area contributed by atoms with Gasteiger partial charge in [-0.05, 0) is 19.8 Å². The van der Waals surface area contributed by atoms with Crippen LogP contribution in [0.3, 0.4) is 0 Å². The monoisotopic (exact) mass is 214 g/mol. The van der Waals surface area contributed by atoms with E-state index in [1.807, 2.05) is 0 Å². The second-order valence-electron chi connectivity index (χ2n) is 3.90. The summed E-state index contributed by atoms with van der Waals surface area (Å²) in [6, 6.07) is 0. The maximum Gasteiger partial charge on any atom is 0.305 e. The number of carbonyl (C=O) groups excluding carboxylic acids is 2. The second kappa shape index (κ2) is 9.69. The molecule has 0 radical (unpaired) electrons. The van der Waals surface area contributed by atoms with Crippen molar-refractivity contribution in [2.24, 2.45) is 0 Å². The Morgan fingerprint density at radius 1 is 0.867 bits per heavy atom. The van der Waals surface area contributed by atoms with Gasteiger partial charge in [-0.2, -0.15) is 0 Å². The van der Waals surface area contributed by atoms with E-state index in [2.05, 4.69) is 4.74 Å². The number of methoxy groups -OCH3 is 1. The number of rotatable bonds is 9. The van der Waals surface area contributed by atoms with Crippen LogP contribution in [-0.2, 0) is 14.3 Å². The van der Waals surface area contributed by atoms with Gasteiger partial charge in [0.05, 0.1) is 7.11 Å². The van der Waals surface area contributed by atoms with Gasteiger partial charge in [-0.1, -0.05) is 25.7 Å². The average Bonchev–Trinajstić information content (AvgIpc) is 2.21. The third-order valence-electron chi connectivity index (χ3n) is 2.39. The Bertz CT molecular complexity index is 187. The number of hydrogen-bond acceptors (Lipinski definition) is 3. The molecule has 0 bridgehead atoms. The molecule has 0 rings (SSSR count). The number of ketones is 1. The van der Waals surface area contributed by atoms with Crippen LogP contribution in [0.5, 0.6) is 0 Å². The van der Waals surface area contributed by atoms with Gasteiger partial charge in [0.2, 0.25) is 0 Å². The first-order chi connectivity index (χ1) is 7.16. The fourth-order valence-electron chi connectivity index (χ4n) is 1.45. The van der Waals surface area contributed by atoms with Gasteiger partial charge >= 0.3 is 5.97 Å². The highest BCUT2D eigenvalue weighted by Gasteiger charge is 1.99. The van der Waals surface area contributed by atoms with E-state index in [0.29, 0.717) is 12.8 Å². The van der Waals surface area contributed by atoms with Crippen molar-refractivity contribution >= 4 is 11.8 Å². The summed E-state index contributed by atoms with van der Waals surface area (Å²) in [6.45, 7) is 1.64. The summed E-state index contributed by atoms with van der Waals surface area (Å²) in [5.41, 5.74) is 0. The van der Waals surface area contributed by atoms with Crippen molar-refractivity contribution < 1.29 is 14.3 Å². The first-order valence-electron chi connectivity index (χ1n) is 5.73. The fourth-order valence-corrected chi connectivity index (χ4v) is 1.45. The normalized spacial score (nSPS) is 10.0. The standard InChI is InChI=1S/C12H22O3/c1-11(13)9-7-5-3-4-6-8-10-12(14)15-2/h3-10H2,1-2H3. The predicted octanol–water partition coefficient (Wildman–Crippen LogP) is 2.87. The fraction of sp³-hybridized carbons (Fsp3) is 0.833. The van der Waals surface area contributed by atoms with Gasteiger partial charge in [0.15, 0.2) is 0 Å². The van der Waals surface area contributed by atoms with Crippen molar-refractivity contribution in [1.82, 2.24) is 0 Å². The largest absolute Gasteiger partial charge is 0.469 e. The number of esters is 1. The van der Waals surface area contributed by atoms with E-state index >= 15 is 0 Å². The number of hydrogen-bond donors (Lipinski definition) is 0. The quantitative estimate of drug-likeness (QED) is 0.438. The van der Waals surface area contributed by atoms with Gasteiger partial charge in [0.1, 0.15) is 5.78 Å². The molecule has 0 atom stereocenters. The first kappa shape index (κ1) is 14.1. The molecule has 0 aliphatic carbocycles. The number of carbonyl (C=O) groups is 2. The Labute approximate surface area is 92.2 Å². The Hall–Kier alpha value is -0.860. The van der Waals surface area contributed by atoms with Gasteiger partial charge in [-0.25, -0.2) is 0 Å². The van der Waals surface area contributed by atoms with Crippen molar-refractivity contribution in [1.29, 1.82) is 0 Å². The summed E-state index contributed by atoms with van der Waals surface area (Å²) in [7, 11) is 1.42. The van der Waals surface area contributed by atoms with E-state index in [1.54, 1.807) is 6.92 Å². The van der Waals surface area contributed by atoms with Gasteiger partial charge in [-0.15, -0.1) is 0 Å². The van der Waals surface area contributed by atoms with Crippen molar-refractivity contribution in [2.45, 2.75) is 58.3 Å². The first-order valence-corrected chi connectivity index (χ1v) is 5.73. The highest BCUT2D eigenvalue weighted by atomic mass is 16.5. The van der Waals surface area contributed by atoms with Crippen LogP contribution in [-0.4, -0.2) is 18.9 Å². The van der Waals surface area contributed by atoms with Crippen molar-refractivity contribution in [2.75, 3.05) is 7.11 Å². The highest BCUT2D eigenvalue weighted by molar-refractivity contribution is 5.75. The molecule has 15 heavy (non-hydrogen) atoms. The van der Waals surface area contributed by atoms with E-state index in [1.165, 1.54) is 7.11 Å². The Balaban J connectivity index is 3.05. The molecule has 0 aromatic rings. The van der Waals surface area contributed by atoms with Crippen LogP contribution >= 0.6 is 0 Å². The van der Waals surface area contributed by atoms with Crippen molar-refractivity contribution in [3.8, 4) is 0 Å². The molecule has 0 aliphatic heterocycles. The SMILES string of the molecule is COC(=O)CCCCCCCCC(C)=O. The van der Waals surface area contributed by atoms with Crippen LogP contribution in [0.4, 0.5) is 0 Å². The minimum atomic E-state index is -0.119. The molecular formula is C12H22O3. The minimum absolute atomic E-state index is 0.119. The zero-order valence-corrected chi connectivity index (χ0v) is 9.88. The molecule has 3 heteroatoms. The molecule has 3 nitrogen and oxygen atoms in total. The van der Waals surface area contributed by atoms with Gasteiger partial charge in [0, 0.05) is 12.8 Å². The minimum Gasteiger partial charge on any atom is -0.469 e. The molecule has 0 aromatic heterocycles. The summed E-state index contributed by atoms with van der Waals surface area (Å²) in [5, 5.41) is 0. The van der Waals surface area contributed by atoms with Crippen LogP contribution in [0.1, 0.15) is 58.3 Å². The summed E-state index contributed by atoms with van der Waals surface area (Å²) in [6.07, 6.45) is 7.67. The van der Waals surface area contributed by atoms with E-state index in [-0.39, 0.29) is 11.8 Å². The summed E-state index contributed by atoms with van der Waals surface area (Å²) >= 11 is 0. The van der Waals surface area contributed by atoms with Gasteiger partial charge in [-0.3, -0.25) is 4.79 Å². The summed E-state index contributed by atoms with van der Waals surface area (Å²) in [4.78, 5) is 21.4. The van der Waals surface area contributed by atoms with Crippen molar-refractivity contribution in [3.05, 3.63) is 0 Å². The summed E-state index contributed by atoms with van der Waals surface area (Å²) < 4.78 is 4.55. The molecule has 0 saturated carbocycles. The van der Waals surface area contributed by atoms with Crippen LogP contribution in [0, 0.1) is 0 Å². The average molecular weight is 214 g/mol. The lowest BCUT2D eigenvalue weighted by Crippen LogP contribution is -1.99. The molecule has 0 aliphatic rings. The molecule has 0 aromatic carbocycles. The summed E-state index contributed by atoms with van der Waals surface area (Å²) in [5.74, 6) is 0.160. The second-order valence-corrected chi connectivity index (χ2v) is 3.90. The lowest BCUT2D eigenvalue weighted by molar-refractivity contribution is -0.140. The van der Waals surface area contributed by atoms with Crippen LogP contribution in [0.15, 0.2) is 0 Å². The molecule has 0 unspecified atom stereocenters. The Morgan fingerprint density at radius 2 is 1.33 bits per heavy atom. The van der Waals surface area contributed by atoms with Crippen LogP contribution in [0.25, 0.3) is 0 Å². The Morgan fingerprint density at radius 3 is 1.80 bits per heavy atom.